The molecule has 4 N–H and O–H groups in total. The predicted molar refractivity (Wildman–Crippen MR) is 147 cm³/mol. The molecule has 0 saturated carbocycles. The smallest absolute Gasteiger partial charge is 0.353 e. The van der Waals surface area contributed by atoms with E-state index in [9.17, 15) is 24.3 Å². The number of nitrogens with one attached hydrogen (secondary N) is 3. The number of carboxylic acid groups (broad SMARTS) is 1. The van der Waals surface area contributed by atoms with E-state index in [1.165, 1.54) is 27.7 Å². The van der Waals surface area contributed by atoms with Crippen molar-refractivity contribution in [3.63, 3.8) is 0 Å². The number of β-lactam (4-membered cyclic amide) rings is 1. The van der Waals surface area contributed by atoms with E-state index >= 15 is 0 Å². The van der Waals surface area contributed by atoms with E-state index in [-0.39, 0.29) is 53.2 Å². The number of likely N-dealkylation sites (tertiary alicyclic amines) is 1. The number of carbonyl (C=O) groups excluding carboxylic acids is 3. The van der Waals surface area contributed by atoms with Gasteiger partial charge in [-0.05, 0) is 55.5 Å². The van der Waals surface area contributed by atoms with Crippen LogP contribution in [0.5, 0.6) is 0 Å². The van der Waals surface area contributed by atoms with Gasteiger partial charge in [-0.3, -0.25) is 14.4 Å². The molecule has 6 rings (SSSR count). The Bertz CT molecular complexity index is 1240. The van der Waals surface area contributed by atoms with Crippen molar-refractivity contribution in [1.29, 1.82) is 0 Å². The third-order valence-corrected chi connectivity index (χ3v) is 10.8. The van der Waals surface area contributed by atoms with Crippen molar-refractivity contribution in [2.24, 2.45) is 17.8 Å². The highest BCUT2D eigenvalue weighted by atomic mass is 32.2. The summed E-state index contributed by atoms with van der Waals surface area (Å²) >= 11 is 1.47. The van der Waals surface area contributed by atoms with Crippen LogP contribution < -0.4 is 16.0 Å². The van der Waals surface area contributed by atoms with Gasteiger partial charge in [-0.25, -0.2) is 9.48 Å². The fourth-order valence-corrected chi connectivity index (χ4v) is 8.79. The minimum Gasteiger partial charge on any atom is -0.477 e. The van der Waals surface area contributed by atoms with Crippen LogP contribution in [-0.4, -0.2) is 114 Å². The lowest BCUT2D eigenvalue weighted by Crippen LogP contribution is -2.66. The van der Waals surface area contributed by atoms with Gasteiger partial charge >= 0.3 is 5.97 Å². The van der Waals surface area contributed by atoms with Crippen molar-refractivity contribution in [2.75, 3.05) is 26.2 Å². The van der Waals surface area contributed by atoms with E-state index in [0.717, 1.165) is 38.9 Å². The third kappa shape index (κ3) is 5.23. The fourth-order valence-electron chi connectivity index (χ4n) is 7.31. The molecule has 41 heavy (non-hydrogen) atoms. The van der Waals surface area contributed by atoms with Crippen LogP contribution in [-0.2, 0) is 25.7 Å². The molecule has 5 aliphatic heterocycles. The second-order valence-corrected chi connectivity index (χ2v) is 13.2. The van der Waals surface area contributed by atoms with Crippen molar-refractivity contribution in [1.82, 2.24) is 46.0 Å². The van der Waals surface area contributed by atoms with Gasteiger partial charge in [0.15, 0.2) is 0 Å². The van der Waals surface area contributed by atoms with Crippen molar-refractivity contribution >= 4 is 35.5 Å². The van der Waals surface area contributed by atoms with Gasteiger partial charge in [-0.2, -0.15) is 0 Å². The number of thioether (sulfide) groups is 1. The maximum atomic E-state index is 13.4. The standard InChI is InChI=1S/C26H37N9O5S/c1-13-21-20(14(2)30-19(36)11-34-12-29-31-32-34)25(38)35(21)22(26(39)40)23(13)41-16-8-18(28-9-16)24(37)33-7-5-17-15(10-33)4-3-6-27-17/h12-18,20-21,27-28H,3-11H2,1-2H3,(H,30,36)(H,39,40)/t13-,14?,15?,16+,17?,18+,20-,21-/m1/s1. The Morgan fingerprint density at radius 3 is 2.85 bits per heavy atom. The van der Waals surface area contributed by atoms with Gasteiger partial charge in [0.05, 0.1) is 18.0 Å². The van der Waals surface area contributed by atoms with E-state index in [2.05, 4.69) is 31.5 Å². The van der Waals surface area contributed by atoms with Gasteiger partial charge in [0.2, 0.25) is 17.7 Å². The van der Waals surface area contributed by atoms with E-state index in [4.69, 9.17) is 0 Å². The lowest BCUT2D eigenvalue weighted by molar-refractivity contribution is -0.158. The number of carboxylic acids is 1. The van der Waals surface area contributed by atoms with Crippen LogP contribution in [0.25, 0.3) is 0 Å². The number of nitrogens with zero attached hydrogens (tertiary/aromatic N) is 6. The molecule has 5 aliphatic rings. The van der Waals surface area contributed by atoms with Gasteiger partial charge in [0, 0.05) is 47.8 Å². The number of amides is 3. The molecule has 1 aromatic heterocycles. The molecule has 0 bridgehead atoms. The Balaban J connectivity index is 1.08. The molecule has 4 saturated heterocycles. The van der Waals surface area contributed by atoms with Crippen LogP contribution in [0.3, 0.4) is 0 Å². The maximum absolute atomic E-state index is 13.4. The molecule has 6 heterocycles. The highest BCUT2D eigenvalue weighted by molar-refractivity contribution is 8.03. The predicted octanol–water partition coefficient (Wildman–Crippen LogP) is -0.985. The summed E-state index contributed by atoms with van der Waals surface area (Å²) in [6.07, 6.45) is 5.23. The number of aromatic nitrogens is 4. The van der Waals surface area contributed by atoms with Gasteiger partial charge in [0.1, 0.15) is 18.6 Å². The summed E-state index contributed by atoms with van der Waals surface area (Å²) < 4.78 is 1.29. The van der Waals surface area contributed by atoms with Crippen LogP contribution in [0.2, 0.25) is 0 Å². The zero-order chi connectivity index (χ0) is 28.8. The summed E-state index contributed by atoms with van der Waals surface area (Å²) in [5.74, 6) is -1.87. The summed E-state index contributed by atoms with van der Waals surface area (Å²) in [5, 5.41) is 30.6. The Morgan fingerprint density at radius 1 is 1.27 bits per heavy atom. The normalized spacial score (nSPS) is 33.7. The topological polar surface area (TPSA) is 175 Å². The molecule has 0 radical (unpaired) electrons. The van der Waals surface area contributed by atoms with E-state index in [1.54, 1.807) is 6.92 Å². The van der Waals surface area contributed by atoms with Crippen molar-refractivity contribution in [3.8, 4) is 0 Å². The first-order valence-electron chi connectivity index (χ1n) is 14.5. The minimum atomic E-state index is -1.13. The molecule has 222 valence electrons. The molecule has 1 aromatic rings. The number of fused-ring (bicyclic) bond motifs is 2. The molecule has 0 aromatic carbocycles. The summed E-state index contributed by atoms with van der Waals surface area (Å²) in [6, 6.07) is -0.616. The van der Waals surface area contributed by atoms with Gasteiger partial charge < -0.3 is 30.9 Å². The molecule has 3 amide bonds. The lowest BCUT2D eigenvalue weighted by Gasteiger charge is -2.47. The van der Waals surface area contributed by atoms with Crippen LogP contribution in [0.15, 0.2) is 16.9 Å². The van der Waals surface area contributed by atoms with Crippen LogP contribution in [0.4, 0.5) is 0 Å². The largest absolute Gasteiger partial charge is 0.477 e. The first-order chi connectivity index (χ1) is 19.7. The molecule has 14 nitrogen and oxygen atoms in total. The molecule has 8 atom stereocenters. The van der Waals surface area contributed by atoms with E-state index < -0.39 is 17.9 Å². The summed E-state index contributed by atoms with van der Waals surface area (Å²) in [6.45, 7) is 6.84. The number of carbonyl (C=O) groups is 4. The van der Waals surface area contributed by atoms with Crippen LogP contribution >= 0.6 is 11.8 Å². The quantitative estimate of drug-likeness (QED) is 0.275. The number of aliphatic carboxylic acids is 1. The zero-order valence-electron chi connectivity index (χ0n) is 23.2. The molecule has 0 spiro atoms. The monoisotopic (exact) mass is 587 g/mol. The summed E-state index contributed by atoms with van der Waals surface area (Å²) in [4.78, 5) is 55.5. The van der Waals surface area contributed by atoms with Crippen molar-refractivity contribution in [2.45, 2.75) is 75.5 Å². The number of hydrogen-bond acceptors (Lipinski definition) is 10. The van der Waals surface area contributed by atoms with Crippen LogP contribution in [0.1, 0.15) is 39.5 Å². The lowest BCUT2D eigenvalue weighted by atomic mass is 9.78. The molecule has 15 heteroatoms. The average Bonchev–Trinajstić information content (AvgIpc) is 3.68. The molecule has 0 aliphatic carbocycles. The van der Waals surface area contributed by atoms with Crippen molar-refractivity contribution in [3.05, 3.63) is 16.9 Å². The fraction of sp³-hybridized carbons (Fsp3) is 0.731. The Labute approximate surface area is 242 Å². The molecular formula is C26H37N9O5S. The van der Waals surface area contributed by atoms with Crippen LogP contribution in [0, 0.1) is 17.8 Å². The number of tetrazole rings is 1. The average molecular weight is 588 g/mol. The number of piperidine rings is 2. The summed E-state index contributed by atoms with van der Waals surface area (Å²) in [7, 11) is 0. The Kier molecular flexibility index (Phi) is 7.76. The zero-order valence-corrected chi connectivity index (χ0v) is 24.0. The van der Waals surface area contributed by atoms with E-state index in [0.29, 0.717) is 29.8 Å². The maximum Gasteiger partial charge on any atom is 0.353 e. The molecule has 4 fully saturated rings. The second kappa shape index (κ2) is 11.3. The van der Waals surface area contributed by atoms with Gasteiger partial charge in [0.25, 0.3) is 0 Å². The summed E-state index contributed by atoms with van der Waals surface area (Å²) in [5.41, 5.74) is 0.0302. The molecule has 3 unspecified atom stereocenters. The Hall–Kier alpha value is -3.04. The van der Waals surface area contributed by atoms with Gasteiger partial charge in [-0.15, -0.1) is 16.9 Å². The first-order valence-corrected chi connectivity index (χ1v) is 15.3. The minimum absolute atomic E-state index is 0.0188. The highest BCUT2D eigenvalue weighted by Crippen LogP contribution is 2.52. The third-order valence-electron chi connectivity index (χ3n) is 9.30. The van der Waals surface area contributed by atoms with E-state index in [1.807, 2.05) is 11.8 Å². The Morgan fingerprint density at radius 2 is 2.10 bits per heavy atom. The van der Waals surface area contributed by atoms with Crippen molar-refractivity contribution < 1.29 is 24.3 Å². The number of rotatable bonds is 8. The SMILES string of the molecule is CC(NC(=O)Cn1cnnn1)[C@H]1C(=O)N2C(C(=O)O)=C(S[C@@H]3CN[C@H](C(=O)N4CCC5NCCCC5C4)C3)[C@H](C)[C@H]12. The molecular weight excluding hydrogens is 550 g/mol. The van der Waals surface area contributed by atoms with Gasteiger partial charge in [-0.1, -0.05) is 6.92 Å². The first kappa shape index (κ1) is 28.1. The highest BCUT2D eigenvalue weighted by Gasteiger charge is 2.60. The second-order valence-electron chi connectivity index (χ2n) is 11.9. The number of hydrogen-bond donors (Lipinski definition) is 4.